The Kier molecular flexibility index (Phi) is 7.59. The number of halogens is 4. The van der Waals surface area contributed by atoms with Crippen LogP contribution in [0.2, 0.25) is 0 Å². The van der Waals surface area contributed by atoms with Crippen LogP contribution in [0.4, 0.5) is 17.6 Å². The number of hydrogen-bond donors (Lipinski definition) is 0. The summed E-state index contributed by atoms with van der Waals surface area (Å²) in [5.74, 6) is 2.67. The van der Waals surface area contributed by atoms with Gasteiger partial charge in [-0.15, -0.1) is 0 Å². The molecule has 28 heavy (non-hydrogen) atoms. The van der Waals surface area contributed by atoms with E-state index in [9.17, 15) is 17.6 Å². The Balaban J connectivity index is 1.43. The van der Waals surface area contributed by atoms with E-state index >= 15 is 0 Å². The molecule has 0 amide bonds. The molecule has 0 atom stereocenters. The van der Waals surface area contributed by atoms with E-state index in [0.29, 0.717) is 18.3 Å². The standard InChI is InChI=1S/C24H32F4/c25-17-3-1-2-4-18-5-7-19(8-6-18)20-9-11-21(12-10-20)22-13-15-23(16-14-22)24(26,27)28/h2,4,13-16,18-21H,1,3,5-12,17H2. The third-order valence-corrected chi connectivity index (χ3v) is 6.88. The van der Waals surface area contributed by atoms with Gasteiger partial charge < -0.3 is 0 Å². The smallest absolute Gasteiger partial charge is 0.251 e. The van der Waals surface area contributed by atoms with Gasteiger partial charge in [0.15, 0.2) is 0 Å². The lowest BCUT2D eigenvalue weighted by Gasteiger charge is -2.37. The summed E-state index contributed by atoms with van der Waals surface area (Å²) in [5, 5.41) is 0. The van der Waals surface area contributed by atoms with E-state index in [1.807, 2.05) is 0 Å². The molecule has 3 rings (SSSR count). The van der Waals surface area contributed by atoms with Gasteiger partial charge in [-0.3, -0.25) is 4.39 Å². The Labute approximate surface area is 166 Å². The van der Waals surface area contributed by atoms with Gasteiger partial charge in [0.2, 0.25) is 0 Å². The van der Waals surface area contributed by atoms with Gasteiger partial charge in [0, 0.05) is 0 Å². The Hall–Kier alpha value is -1.32. The van der Waals surface area contributed by atoms with Gasteiger partial charge in [-0.05, 0) is 106 Å². The van der Waals surface area contributed by atoms with Crippen LogP contribution >= 0.6 is 0 Å². The number of rotatable bonds is 6. The molecule has 2 fully saturated rings. The summed E-state index contributed by atoms with van der Waals surface area (Å²) in [6.45, 7) is -0.230. The second-order valence-electron chi connectivity index (χ2n) is 8.67. The predicted octanol–water partition coefficient (Wildman–Crippen LogP) is 8.09. The van der Waals surface area contributed by atoms with Crippen LogP contribution in [0.1, 0.15) is 81.3 Å². The Morgan fingerprint density at radius 1 is 0.821 bits per heavy atom. The lowest BCUT2D eigenvalue weighted by molar-refractivity contribution is -0.137. The molecule has 0 saturated heterocycles. The average molecular weight is 397 g/mol. The predicted molar refractivity (Wildman–Crippen MR) is 106 cm³/mol. The molecule has 0 bridgehead atoms. The molecule has 156 valence electrons. The van der Waals surface area contributed by atoms with Crippen molar-refractivity contribution in [3.8, 4) is 0 Å². The molecule has 1 aromatic carbocycles. The first-order chi connectivity index (χ1) is 13.5. The fourth-order valence-corrected chi connectivity index (χ4v) is 5.16. The highest BCUT2D eigenvalue weighted by Crippen LogP contribution is 2.44. The summed E-state index contributed by atoms with van der Waals surface area (Å²) in [6.07, 6.45) is 11.3. The largest absolute Gasteiger partial charge is 0.416 e. The van der Waals surface area contributed by atoms with Crippen molar-refractivity contribution >= 4 is 0 Å². The third-order valence-electron chi connectivity index (χ3n) is 6.88. The SMILES string of the molecule is FCCCC=CC1CCC(C2CCC(c3ccc(C(F)(F)F)cc3)CC2)CC1. The molecule has 0 nitrogen and oxygen atoms in total. The van der Waals surface area contributed by atoms with Crippen LogP contribution in [0.15, 0.2) is 36.4 Å². The number of benzene rings is 1. The van der Waals surface area contributed by atoms with Crippen molar-refractivity contribution in [3.05, 3.63) is 47.5 Å². The molecule has 0 N–H and O–H groups in total. The van der Waals surface area contributed by atoms with Gasteiger partial charge in [-0.25, -0.2) is 0 Å². The lowest BCUT2D eigenvalue weighted by atomic mass is 9.68. The van der Waals surface area contributed by atoms with Crippen molar-refractivity contribution in [1.82, 2.24) is 0 Å². The molecule has 4 heteroatoms. The summed E-state index contributed by atoms with van der Waals surface area (Å²) in [5.41, 5.74) is 0.508. The van der Waals surface area contributed by atoms with Crippen molar-refractivity contribution in [2.24, 2.45) is 17.8 Å². The lowest BCUT2D eigenvalue weighted by Crippen LogP contribution is -2.25. The molecule has 0 unspecified atom stereocenters. The molecule has 2 aliphatic rings. The molecule has 1 aromatic rings. The van der Waals surface area contributed by atoms with Crippen LogP contribution in [0.25, 0.3) is 0 Å². The number of alkyl halides is 4. The molecule has 0 heterocycles. The van der Waals surface area contributed by atoms with Gasteiger partial charge in [0.05, 0.1) is 12.2 Å². The van der Waals surface area contributed by atoms with Gasteiger partial charge >= 0.3 is 6.18 Å². The van der Waals surface area contributed by atoms with Crippen LogP contribution < -0.4 is 0 Å². The molecule has 2 aliphatic carbocycles. The Morgan fingerprint density at radius 2 is 1.39 bits per heavy atom. The van der Waals surface area contributed by atoms with Crippen molar-refractivity contribution in [2.45, 2.75) is 76.3 Å². The van der Waals surface area contributed by atoms with E-state index in [1.165, 1.54) is 50.7 Å². The zero-order valence-corrected chi connectivity index (χ0v) is 16.6. The summed E-state index contributed by atoms with van der Waals surface area (Å²) in [4.78, 5) is 0. The van der Waals surface area contributed by atoms with Crippen molar-refractivity contribution in [2.75, 3.05) is 6.67 Å². The van der Waals surface area contributed by atoms with E-state index in [-0.39, 0.29) is 6.67 Å². The third kappa shape index (κ3) is 5.84. The highest BCUT2D eigenvalue weighted by atomic mass is 19.4. The first-order valence-electron chi connectivity index (χ1n) is 10.9. The fourth-order valence-electron chi connectivity index (χ4n) is 5.16. The highest BCUT2D eigenvalue weighted by Gasteiger charge is 2.32. The van der Waals surface area contributed by atoms with E-state index in [4.69, 9.17) is 0 Å². The van der Waals surface area contributed by atoms with Gasteiger partial charge in [-0.1, -0.05) is 24.3 Å². The maximum atomic E-state index is 12.7. The summed E-state index contributed by atoms with van der Waals surface area (Å²) >= 11 is 0. The van der Waals surface area contributed by atoms with Crippen molar-refractivity contribution in [3.63, 3.8) is 0 Å². The van der Waals surface area contributed by atoms with Gasteiger partial charge in [0.25, 0.3) is 0 Å². The molecule has 0 aliphatic heterocycles. The maximum Gasteiger partial charge on any atom is 0.416 e. The Bertz CT molecular complexity index is 600. The second kappa shape index (κ2) is 9.93. The van der Waals surface area contributed by atoms with Crippen molar-refractivity contribution < 1.29 is 17.6 Å². The van der Waals surface area contributed by atoms with Crippen LogP contribution in [0, 0.1) is 17.8 Å². The minimum atomic E-state index is -4.25. The average Bonchev–Trinajstić information content (AvgIpc) is 2.71. The molecular weight excluding hydrogens is 364 g/mol. The van der Waals surface area contributed by atoms with Gasteiger partial charge in [-0.2, -0.15) is 13.2 Å². The topological polar surface area (TPSA) is 0 Å². The van der Waals surface area contributed by atoms with Crippen LogP contribution in [0.3, 0.4) is 0 Å². The summed E-state index contributed by atoms with van der Waals surface area (Å²) < 4.78 is 50.3. The quantitative estimate of drug-likeness (QED) is 0.259. The number of allylic oxidation sites excluding steroid dienone is 2. The number of unbranched alkanes of at least 4 members (excludes halogenated alkanes) is 1. The van der Waals surface area contributed by atoms with Crippen LogP contribution in [-0.4, -0.2) is 6.67 Å². The zero-order valence-electron chi connectivity index (χ0n) is 16.6. The van der Waals surface area contributed by atoms with Crippen LogP contribution in [0.5, 0.6) is 0 Å². The minimum absolute atomic E-state index is 0.230. The molecule has 2 saturated carbocycles. The Morgan fingerprint density at radius 3 is 1.93 bits per heavy atom. The molecule has 0 spiro atoms. The maximum absolute atomic E-state index is 12.7. The first kappa shape index (κ1) is 21.4. The van der Waals surface area contributed by atoms with Crippen molar-refractivity contribution in [1.29, 1.82) is 0 Å². The molecular formula is C24H32F4. The normalized spacial score (nSPS) is 29.3. The van der Waals surface area contributed by atoms with E-state index in [0.717, 1.165) is 36.7 Å². The molecule has 0 radical (unpaired) electrons. The monoisotopic (exact) mass is 396 g/mol. The first-order valence-corrected chi connectivity index (χ1v) is 10.9. The highest BCUT2D eigenvalue weighted by molar-refractivity contribution is 5.27. The van der Waals surface area contributed by atoms with E-state index in [2.05, 4.69) is 12.2 Å². The summed E-state index contributed by atoms with van der Waals surface area (Å²) in [6, 6.07) is 5.80. The molecule has 0 aromatic heterocycles. The van der Waals surface area contributed by atoms with E-state index < -0.39 is 11.7 Å². The van der Waals surface area contributed by atoms with E-state index in [1.54, 1.807) is 12.1 Å². The second-order valence-corrected chi connectivity index (χ2v) is 8.67. The van der Waals surface area contributed by atoms with Crippen LogP contribution in [-0.2, 0) is 6.18 Å². The summed E-state index contributed by atoms with van der Waals surface area (Å²) in [7, 11) is 0. The fraction of sp³-hybridized carbons (Fsp3) is 0.667. The van der Waals surface area contributed by atoms with Gasteiger partial charge in [0.1, 0.15) is 0 Å². The minimum Gasteiger partial charge on any atom is -0.251 e. The zero-order chi connectivity index (χ0) is 20.0. The number of hydrogen-bond acceptors (Lipinski definition) is 0.